The van der Waals surface area contributed by atoms with Gasteiger partial charge in [-0.25, -0.2) is 0 Å². The molecule has 1 aromatic carbocycles. The van der Waals surface area contributed by atoms with Gasteiger partial charge in [0.2, 0.25) is 5.91 Å². The monoisotopic (exact) mass is 306 g/mol. The van der Waals surface area contributed by atoms with E-state index in [2.05, 4.69) is 33.4 Å². The molecule has 1 amide bonds. The number of carbonyl (C=O) groups is 1. The van der Waals surface area contributed by atoms with Crippen LogP contribution in [-0.2, 0) is 11.2 Å². The lowest BCUT2D eigenvalue weighted by atomic mass is 10.1. The molecule has 0 heterocycles. The molecule has 0 radical (unpaired) electrons. The lowest BCUT2D eigenvalue weighted by molar-refractivity contribution is -0.121. The van der Waals surface area contributed by atoms with Gasteiger partial charge >= 0.3 is 0 Å². The van der Waals surface area contributed by atoms with Crippen molar-refractivity contribution < 1.29 is 4.79 Å². The summed E-state index contributed by atoms with van der Waals surface area (Å²) in [6.07, 6.45) is 2.71. The zero-order valence-electron chi connectivity index (χ0n) is 10.3. The second-order valence-corrected chi connectivity index (χ2v) is 5.68. The molecule has 0 atom stereocenters. The van der Waals surface area contributed by atoms with E-state index in [-0.39, 0.29) is 5.91 Å². The molecule has 18 heavy (non-hydrogen) atoms. The van der Waals surface area contributed by atoms with Crippen LogP contribution >= 0.6 is 15.9 Å². The van der Waals surface area contributed by atoms with Crippen LogP contribution in [0.2, 0.25) is 0 Å². The zero-order valence-corrected chi connectivity index (χ0v) is 11.9. The van der Waals surface area contributed by atoms with Crippen molar-refractivity contribution in [3.63, 3.8) is 0 Å². The molecular weight excluding hydrogens is 292 g/mol. The standard InChI is InChI=1S/C14H15BrN2O/c1-10-8-11(2-4-12(10)15)3-5-13(18)17-14(9-16)6-7-14/h2,4,8H,3,5-7H2,1H3,(H,17,18). The second kappa shape index (κ2) is 5.11. The minimum absolute atomic E-state index is 0.0328. The molecule has 1 N–H and O–H groups in total. The highest BCUT2D eigenvalue weighted by Gasteiger charge is 2.44. The van der Waals surface area contributed by atoms with E-state index < -0.39 is 5.54 Å². The Morgan fingerprint density at radius 3 is 2.83 bits per heavy atom. The lowest BCUT2D eigenvalue weighted by Gasteiger charge is -2.09. The Morgan fingerprint density at radius 1 is 1.56 bits per heavy atom. The van der Waals surface area contributed by atoms with Gasteiger partial charge in [-0.05, 0) is 43.4 Å². The summed E-state index contributed by atoms with van der Waals surface area (Å²) in [4.78, 5) is 11.7. The van der Waals surface area contributed by atoms with Gasteiger partial charge in [0.15, 0.2) is 0 Å². The molecule has 0 aromatic heterocycles. The van der Waals surface area contributed by atoms with Crippen molar-refractivity contribution >= 4 is 21.8 Å². The van der Waals surface area contributed by atoms with Gasteiger partial charge in [-0.15, -0.1) is 0 Å². The molecule has 2 rings (SSSR count). The first kappa shape index (κ1) is 13.1. The number of benzene rings is 1. The molecule has 1 aromatic rings. The molecule has 1 aliphatic rings. The van der Waals surface area contributed by atoms with Crippen LogP contribution in [0.1, 0.15) is 30.4 Å². The maximum Gasteiger partial charge on any atom is 0.221 e. The van der Waals surface area contributed by atoms with Crippen molar-refractivity contribution in [3.8, 4) is 6.07 Å². The summed E-state index contributed by atoms with van der Waals surface area (Å²) in [6.45, 7) is 2.03. The maximum absolute atomic E-state index is 11.7. The Bertz CT molecular complexity index is 515. The van der Waals surface area contributed by atoms with E-state index in [9.17, 15) is 4.79 Å². The highest BCUT2D eigenvalue weighted by molar-refractivity contribution is 9.10. The van der Waals surface area contributed by atoms with Crippen LogP contribution in [0.3, 0.4) is 0 Å². The smallest absolute Gasteiger partial charge is 0.221 e. The number of nitriles is 1. The largest absolute Gasteiger partial charge is 0.338 e. The summed E-state index contributed by atoms with van der Waals surface area (Å²) in [7, 11) is 0. The highest BCUT2D eigenvalue weighted by atomic mass is 79.9. The molecule has 0 saturated heterocycles. The minimum Gasteiger partial charge on any atom is -0.338 e. The first-order valence-electron chi connectivity index (χ1n) is 6.02. The van der Waals surface area contributed by atoms with E-state index in [0.29, 0.717) is 12.8 Å². The fourth-order valence-electron chi connectivity index (χ4n) is 1.84. The number of carbonyl (C=O) groups excluding carboxylic acids is 1. The zero-order chi connectivity index (χ0) is 13.2. The van der Waals surface area contributed by atoms with Gasteiger partial charge in [-0.2, -0.15) is 5.26 Å². The molecular formula is C14H15BrN2O. The van der Waals surface area contributed by atoms with Crippen molar-refractivity contribution in [3.05, 3.63) is 33.8 Å². The number of amides is 1. The molecule has 1 fully saturated rings. The predicted molar refractivity (Wildman–Crippen MR) is 72.9 cm³/mol. The third-order valence-electron chi connectivity index (χ3n) is 3.21. The van der Waals surface area contributed by atoms with Crippen molar-refractivity contribution in [2.45, 2.75) is 38.1 Å². The van der Waals surface area contributed by atoms with Crippen LogP contribution in [0, 0.1) is 18.3 Å². The third kappa shape index (κ3) is 3.11. The van der Waals surface area contributed by atoms with Gasteiger partial charge in [0.1, 0.15) is 5.54 Å². The number of halogens is 1. The van der Waals surface area contributed by atoms with E-state index >= 15 is 0 Å². The van der Waals surface area contributed by atoms with Crippen molar-refractivity contribution in [2.75, 3.05) is 0 Å². The fourth-order valence-corrected chi connectivity index (χ4v) is 2.09. The predicted octanol–water partition coefficient (Wildman–Crippen LogP) is 2.86. The summed E-state index contributed by atoms with van der Waals surface area (Å²) >= 11 is 3.45. The van der Waals surface area contributed by atoms with Gasteiger partial charge in [-0.3, -0.25) is 4.79 Å². The van der Waals surface area contributed by atoms with E-state index in [1.165, 1.54) is 5.56 Å². The summed E-state index contributed by atoms with van der Waals surface area (Å²) in [5.74, 6) is -0.0328. The topological polar surface area (TPSA) is 52.9 Å². The minimum atomic E-state index is -0.549. The van der Waals surface area contributed by atoms with Crippen molar-refractivity contribution in [1.29, 1.82) is 5.26 Å². The van der Waals surface area contributed by atoms with E-state index in [4.69, 9.17) is 5.26 Å². The molecule has 0 spiro atoms. The summed E-state index contributed by atoms with van der Waals surface area (Å²) in [5, 5.41) is 11.7. The normalized spacial score (nSPS) is 15.8. The molecule has 94 valence electrons. The number of nitrogens with one attached hydrogen (secondary N) is 1. The Balaban J connectivity index is 1.86. The first-order valence-corrected chi connectivity index (χ1v) is 6.81. The number of nitrogens with zero attached hydrogens (tertiary/aromatic N) is 1. The van der Waals surface area contributed by atoms with Gasteiger partial charge in [0, 0.05) is 10.9 Å². The van der Waals surface area contributed by atoms with Gasteiger partial charge < -0.3 is 5.32 Å². The van der Waals surface area contributed by atoms with Crippen LogP contribution in [0.4, 0.5) is 0 Å². The third-order valence-corrected chi connectivity index (χ3v) is 4.10. The molecule has 0 bridgehead atoms. The van der Waals surface area contributed by atoms with Crippen LogP contribution in [-0.4, -0.2) is 11.4 Å². The summed E-state index contributed by atoms with van der Waals surface area (Å²) < 4.78 is 1.08. The van der Waals surface area contributed by atoms with E-state index in [1.807, 2.05) is 19.1 Å². The van der Waals surface area contributed by atoms with Gasteiger partial charge in [-0.1, -0.05) is 28.1 Å². The van der Waals surface area contributed by atoms with Gasteiger partial charge in [0.05, 0.1) is 6.07 Å². The summed E-state index contributed by atoms with van der Waals surface area (Å²) in [5.41, 5.74) is 1.77. The molecule has 3 nitrogen and oxygen atoms in total. The Kier molecular flexibility index (Phi) is 3.72. The van der Waals surface area contributed by atoms with Crippen molar-refractivity contribution in [2.24, 2.45) is 0 Å². The molecule has 4 heteroatoms. The first-order chi connectivity index (χ1) is 8.54. The average molecular weight is 307 g/mol. The molecule has 0 unspecified atom stereocenters. The second-order valence-electron chi connectivity index (χ2n) is 4.83. The molecule has 1 aliphatic carbocycles. The van der Waals surface area contributed by atoms with E-state index in [0.717, 1.165) is 22.9 Å². The SMILES string of the molecule is Cc1cc(CCC(=O)NC2(C#N)CC2)ccc1Br. The summed E-state index contributed by atoms with van der Waals surface area (Å²) in [6, 6.07) is 8.25. The lowest BCUT2D eigenvalue weighted by Crippen LogP contribution is -2.35. The Hall–Kier alpha value is -1.34. The number of aryl methyl sites for hydroxylation is 2. The number of hydrogen-bond donors (Lipinski definition) is 1. The maximum atomic E-state index is 11.7. The van der Waals surface area contributed by atoms with Crippen molar-refractivity contribution in [1.82, 2.24) is 5.32 Å². The number of rotatable bonds is 4. The molecule has 0 aliphatic heterocycles. The quantitative estimate of drug-likeness (QED) is 0.930. The average Bonchev–Trinajstić information content (AvgIpc) is 3.11. The Labute approximate surface area is 115 Å². The van der Waals surface area contributed by atoms with Gasteiger partial charge in [0.25, 0.3) is 0 Å². The van der Waals surface area contributed by atoms with Crippen LogP contribution in [0.15, 0.2) is 22.7 Å². The van der Waals surface area contributed by atoms with Crippen LogP contribution in [0.5, 0.6) is 0 Å². The molecule has 1 saturated carbocycles. The Morgan fingerprint density at radius 2 is 2.28 bits per heavy atom. The van der Waals surface area contributed by atoms with Crippen LogP contribution in [0.25, 0.3) is 0 Å². The number of hydrogen-bond acceptors (Lipinski definition) is 2. The fraction of sp³-hybridized carbons (Fsp3) is 0.429. The highest BCUT2D eigenvalue weighted by Crippen LogP contribution is 2.34. The van der Waals surface area contributed by atoms with Crippen LogP contribution < -0.4 is 5.32 Å². The van der Waals surface area contributed by atoms with E-state index in [1.54, 1.807) is 0 Å².